The molecule has 124 valence electrons. The quantitative estimate of drug-likeness (QED) is 0.897. The Morgan fingerprint density at radius 1 is 1.48 bits per heavy atom. The Balaban J connectivity index is 2.23. The standard InChI is InChI=1S/C17H21ClFN3O/c1-17(2,11-20)16(23)21-10-14(22-8-3-4-9-22)15-12(18)6-5-7-13(15)19/h5-7,14H,3-4,8-10H2,1-2H3,(H,21,23). The Morgan fingerprint density at radius 2 is 2.13 bits per heavy atom. The van der Waals surface area contributed by atoms with E-state index in [0.717, 1.165) is 25.9 Å². The number of nitriles is 1. The van der Waals surface area contributed by atoms with E-state index < -0.39 is 5.41 Å². The lowest BCUT2D eigenvalue weighted by Crippen LogP contribution is -2.42. The van der Waals surface area contributed by atoms with E-state index in [1.165, 1.54) is 6.07 Å². The molecule has 1 fully saturated rings. The molecule has 0 bridgehead atoms. The topological polar surface area (TPSA) is 56.1 Å². The van der Waals surface area contributed by atoms with Gasteiger partial charge in [-0.15, -0.1) is 0 Å². The van der Waals surface area contributed by atoms with E-state index >= 15 is 0 Å². The maximum Gasteiger partial charge on any atom is 0.239 e. The lowest BCUT2D eigenvalue weighted by molar-refractivity contribution is -0.127. The van der Waals surface area contributed by atoms with Crippen LogP contribution in [0, 0.1) is 22.6 Å². The normalized spacial score (nSPS) is 16.8. The third kappa shape index (κ3) is 4.01. The molecule has 0 saturated carbocycles. The largest absolute Gasteiger partial charge is 0.353 e. The van der Waals surface area contributed by atoms with Crippen molar-refractivity contribution < 1.29 is 9.18 Å². The zero-order valence-corrected chi connectivity index (χ0v) is 14.2. The van der Waals surface area contributed by atoms with Crippen molar-refractivity contribution in [1.82, 2.24) is 10.2 Å². The lowest BCUT2D eigenvalue weighted by Gasteiger charge is -2.30. The number of halogens is 2. The van der Waals surface area contributed by atoms with Crippen molar-refractivity contribution in [3.63, 3.8) is 0 Å². The zero-order chi connectivity index (χ0) is 17.0. The summed E-state index contributed by atoms with van der Waals surface area (Å²) in [6.07, 6.45) is 2.08. The SMILES string of the molecule is CC(C)(C#N)C(=O)NCC(c1c(F)cccc1Cl)N1CCCC1. The number of amides is 1. The third-order valence-electron chi connectivity index (χ3n) is 4.22. The Kier molecular flexibility index (Phi) is 5.61. The predicted molar refractivity (Wildman–Crippen MR) is 87.4 cm³/mol. The molecule has 0 aliphatic carbocycles. The van der Waals surface area contributed by atoms with Crippen molar-refractivity contribution >= 4 is 17.5 Å². The van der Waals surface area contributed by atoms with Gasteiger partial charge in [0, 0.05) is 17.1 Å². The van der Waals surface area contributed by atoms with Gasteiger partial charge in [0.1, 0.15) is 11.2 Å². The fourth-order valence-electron chi connectivity index (χ4n) is 2.76. The van der Waals surface area contributed by atoms with Crippen LogP contribution in [0.4, 0.5) is 4.39 Å². The number of benzene rings is 1. The molecule has 1 heterocycles. The highest BCUT2D eigenvalue weighted by Gasteiger charge is 2.31. The number of nitrogens with zero attached hydrogens (tertiary/aromatic N) is 2. The first-order valence-corrected chi connectivity index (χ1v) is 8.12. The van der Waals surface area contributed by atoms with Crippen LogP contribution in [0.5, 0.6) is 0 Å². The number of rotatable bonds is 5. The van der Waals surface area contributed by atoms with Gasteiger partial charge in [-0.05, 0) is 51.9 Å². The number of nitrogens with one attached hydrogen (secondary N) is 1. The number of likely N-dealkylation sites (tertiary alicyclic amines) is 1. The minimum Gasteiger partial charge on any atom is -0.353 e. The summed E-state index contributed by atoms with van der Waals surface area (Å²) in [6, 6.07) is 6.25. The van der Waals surface area contributed by atoms with Crippen LogP contribution >= 0.6 is 11.6 Å². The Morgan fingerprint density at radius 3 is 2.70 bits per heavy atom. The molecule has 1 aliphatic rings. The van der Waals surface area contributed by atoms with Gasteiger partial charge in [0.05, 0.1) is 12.1 Å². The summed E-state index contributed by atoms with van der Waals surface area (Å²) in [5.74, 6) is -0.736. The van der Waals surface area contributed by atoms with Gasteiger partial charge in [-0.3, -0.25) is 9.69 Å². The van der Waals surface area contributed by atoms with E-state index in [1.807, 2.05) is 6.07 Å². The van der Waals surface area contributed by atoms with Crippen molar-refractivity contribution in [3.8, 4) is 6.07 Å². The van der Waals surface area contributed by atoms with Gasteiger partial charge in [-0.1, -0.05) is 17.7 Å². The summed E-state index contributed by atoms with van der Waals surface area (Å²) >= 11 is 6.20. The lowest BCUT2D eigenvalue weighted by atomic mass is 9.94. The molecule has 1 unspecified atom stereocenters. The van der Waals surface area contributed by atoms with Gasteiger partial charge in [0.2, 0.25) is 5.91 Å². The molecule has 23 heavy (non-hydrogen) atoms. The molecule has 1 N–H and O–H groups in total. The molecule has 0 spiro atoms. The molecule has 6 heteroatoms. The second-order valence-corrected chi connectivity index (χ2v) is 6.75. The molecule has 2 rings (SSSR count). The molecule has 1 saturated heterocycles. The highest BCUT2D eigenvalue weighted by Crippen LogP contribution is 2.32. The van der Waals surface area contributed by atoms with Crippen LogP contribution in [-0.2, 0) is 4.79 Å². The highest BCUT2D eigenvalue weighted by molar-refractivity contribution is 6.31. The third-order valence-corrected chi connectivity index (χ3v) is 4.55. The number of hydrogen-bond acceptors (Lipinski definition) is 3. The maximum absolute atomic E-state index is 14.3. The van der Waals surface area contributed by atoms with E-state index in [-0.39, 0.29) is 24.3 Å². The monoisotopic (exact) mass is 337 g/mol. The molecule has 1 atom stereocenters. The summed E-state index contributed by atoms with van der Waals surface area (Å²) in [6.45, 7) is 5.02. The molecule has 1 aromatic carbocycles. The fourth-order valence-corrected chi connectivity index (χ4v) is 3.05. The van der Waals surface area contributed by atoms with Crippen molar-refractivity contribution in [2.45, 2.75) is 32.7 Å². The Hall–Kier alpha value is -1.64. The van der Waals surface area contributed by atoms with Crippen LogP contribution in [0.15, 0.2) is 18.2 Å². The Bertz CT molecular complexity index is 601. The van der Waals surface area contributed by atoms with E-state index in [2.05, 4.69) is 10.2 Å². The van der Waals surface area contributed by atoms with Crippen LogP contribution in [0.25, 0.3) is 0 Å². The molecule has 1 aromatic rings. The fraction of sp³-hybridized carbons (Fsp3) is 0.529. The van der Waals surface area contributed by atoms with Gasteiger partial charge >= 0.3 is 0 Å². The van der Waals surface area contributed by atoms with E-state index in [9.17, 15) is 9.18 Å². The number of carbonyl (C=O) groups excluding carboxylic acids is 1. The average Bonchev–Trinajstić information content (AvgIpc) is 3.03. The summed E-state index contributed by atoms with van der Waals surface area (Å²) in [5.41, 5.74) is -0.708. The van der Waals surface area contributed by atoms with Gasteiger partial charge in [-0.25, -0.2) is 4.39 Å². The minimum atomic E-state index is -1.12. The van der Waals surface area contributed by atoms with Crippen LogP contribution in [-0.4, -0.2) is 30.4 Å². The second-order valence-electron chi connectivity index (χ2n) is 6.34. The molecular formula is C17H21ClFN3O. The van der Waals surface area contributed by atoms with E-state index in [1.54, 1.807) is 26.0 Å². The number of carbonyl (C=O) groups is 1. The maximum atomic E-state index is 14.3. The van der Waals surface area contributed by atoms with Crippen LogP contribution in [0.2, 0.25) is 5.02 Å². The first-order valence-electron chi connectivity index (χ1n) is 7.74. The van der Waals surface area contributed by atoms with Gasteiger partial charge < -0.3 is 5.32 Å². The van der Waals surface area contributed by atoms with Crippen molar-refractivity contribution in [2.75, 3.05) is 19.6 Å². The molecule has 1 amide bonds. The van der Waals surface area contributed by atoms with Gasteiger partial charge in [0.15, 0.2) is 0 Å². The second kappa shape index (κ2) is 7.29. The van der Waals surface area contributed by atoms with Crippen LogP contribution in [0.3, 0.4) is 0 Å². The molecule has 4 nitrogen and oxygen atoms in total. The summed E-state index contributed by atoms with van der Waals surface area (Å²) in [4.78, 5) is 14.3. The van der Waals surface area contributed by atoms with Crippen LogP contribution in [0.1, 0.15) is 38.3 Å². The van der Waals surface area contributed by atoms with E-state index in [0.29, 0.717) is 10.6 Å². The predicted octanol–water partition coefficient (Wildman–Crippen LogP) is 3.28. The van der Waals surface area contributed by atoms with Crippen molar-refractivity contribution in [1.29, 1.82) is 5.26 Å². The molecule has 0 aromatic heterocycles. The zero-order valence-electron chi connectivity index (χ0n) is 13.4. The first-order chi connectivity index (χ1) is 10.9. The molecule has 0 radical (unpaired) electrons. The van der Waals surface area contributed by atoms with E-state index in [4.69, 9.17) is 16.9 Å². The smallest absolute Gasteiger partial charge is 0.239 e. The van der Waals surface area contributed by atoms with Gasteiger partial charge in [-0.2, -0.15) is 5.26 Å². The Labute approximate surface area is 141 Å². The molecular weight excluding hydrogens is 317 g/mol. The average molecular weight is 338 g/mol. The van der Waals surface area contributed by atoms with Crippen molar-refractivity contribution in [2.24, 2.45) is 5.41 Å². The minimum absolute atomic E-state index is 0.227. The summed E-state index contributed by atoms with van der Waals surface area (Å²) in [7, 11) is 0. The number of hydrogen-bond donors (Lipinski definition) is 1. The summed E-state index contributed by atoms with van der Waals surface area (Å²) in [5, 5.41) is 12.2. The van der Waals surface area contributed by atoms with Crippen molar-refractivity contribution in [3.05, 3.63) is 34.6 Å². The van der Waals surface area contributed by atoms with Crippen LogP contribution < -0.4 is 5.32 Å². The first kappa shape index (κ1) is 17.7. The van der Waals surface area contributed by atoms with Gasteiger partial charge in [0.25, 0.3) is 0 Å². The molecule has 1 aliphatic heterocycles. The highest BCUT2D eigenvalue weighted by atomic mass is 35.5. The summed E-state index contributed by atoms with van der Waals surface area (Å²) < 4.78 is 14.3.